The van der Waals surface area contributed by atoms with Gasteiger partial charge in [-0.1, -0.05) is 18.2 Å². The summed E-state index contributed by atoms with van der Waals surface area (Å²) in [5, 5.41) is 9.29. The summed E-state index contributed by atoms with van der Waals surface area (Å²) < 4.78 is 26.0. The fourth-order valence-electron chi connectivity index (χ4n) is 1.96. The van der Waals surface area contributed by atoms with Crippen LogP contribution in [0.25, 0.3) is 10.9 Å². The van der Waals surface area contributed by atoms with Crippen LogP contribution in [0.3, 0.4) is 0 Å². The van der Waals surface area contributed by atoms with E-state index in [1.54, 1.807) is 24.3 Å². The number of carbonyl (C=O) groups is 1. The standard InChI is InChI=1S/C13H11F2NO2/c14-13(15)10(7-12(17)18)8-5-6-16-11-4-2-1-3-9(8)11/h1-6,10,13H,7H2,(H,17,18). The second-order valence-electron chi connectivity index (χ2n) is 3.96. The van der Waals surface area contributed by atoms with Gasteiger partial charge in [0.15, 0.2) is 0 Å². The molecule has 0 aliphatic heterocycles. The molecule has 1 aromatic heterocycles. The van der Waals surface area contributed by atoms with Gasteiger partial charge in [0.2, 0.25) is 6.43 Å². The molecule has 1 aromatic carbocycles. The molecular formula is C13H11F2NO2. The maximum atomic E-state index is 13.0. The third-order valence-corrected chi connectivity index (χ3v) is 2.78. The van der Waals surface area contributed by atoms with Crippen molar-refractivity contribution in [3.8, 4) is 0 Å². The lowest BCUT2D eigenvalue weighted by atomic mass is 9.93. The van der Waals surface area contributed by atoms with E-state index >= 15 is 0 Å². The largest absolute Gasteiger partial charge is 0.481 e. The van der Waals surface area contributed by atoms with Crippen molar-refractivity contribution in [3.05, 3.63) is 42.1 Å². The maximum absolute atomic E-state index is 13.0. The van der Waals surface area contributed by atoms with Crippen LogP contribution >= 0.6 is 0 Å². The minimum Gasteiger partial charge on any atom is -0.481 e. The van der Waals surface area contributed by atoms with Crippen LogP contribution in [-0.2, 0) is 4.79 Å². The van der Waals surface area contributed by atoms with E-state index in [4.69, 9.17) is 5.11 Å². The van der Waals surface area contributed by atoms with Crippen molar-refractivity contribution < 1.29 is 18.7 Å². The lowest BCUT2D eigenvalue weighted by Gasteiger charge is -2.16. The predicted molar refractivity (Wildman–Crippen MR) is 62.7 cm³/mol. The van der Waals surface area contributed by atoms with Crippen molar-refractivity contribution in [3.63, 3.8) is 0 Å². The van der Waals surface area contributed by atoms with Crippen LogP contribution in [0.5, 0.6) is 0 Å². The molecule has 18 heavy (non-hydrogen) atoms. The number of pyridine rings is 1. The van der Waals surface area contributed by atoms with Gasteiger partial charge in [0, 0.05) is 11.6 Å². The van der Waals surface area contributed by atoms with E-state index in [2.05, 4.69) is 4.98 Å². The highest BCUT2D eigenvalue weighted by Crippen LogP contribution is 2.31. The molecule has 2 rings (SSSR count). The van der Waals surface area contributed by atoms with Crippen LogP contribution < -0.4 is 0 Å². The third-order valence-electron chi connectivity index (χ3n) is 2.78. The van der Waals surface area contributed by atoms with E-state index in [-0.39, 0.29) is 0 Å². The molecular weight excluding hydrogens is 240 g/mol. The van der Waals surface area contributed by atoms with Crippen LogP contribution in [0.15, 0.2) is 36.5 Å². The second kappa shape index (κ2) is 5.08. The van der Waals surface area contributed by atoms with E-state index < -0.39 is 24.7 Å². The van der Waals surface area contributed by atoms with Crippen LogP contribution in [-0.4, -0.2) is 22.5 Å². The Hall–Kier alpha value is -2.04. The van der Waals surface area contributed by atoms with Crippen LogP contribution in [0.2, 0.25) is 0 Å². The second-order valence-corrected chi connectivity index (χ2v) is 3.96. The highest BCUT2D eigenvalue weighted by molar-refractivity contribution is 5.83. The molecule has 0 spiro atoms. The van der Waals surface area contributed by atoms with E-state index in [9.17, 15) is 13.6 Å². The quantitative estimate of drug-likeness (QED) is 0.908. The van der Waals surface area contributed by atoms with Crippen molar-refractivity contribution in [1.29, 1.82) is 0 Å². The normalized spacial score (nSPS) is 12.8. The number of rotatable bonds is 4. The Labute approximate surface area is 102 Å². The Morgan fingerprint density at radius 1 is 1.28 bits per heavy atom. The minimum atomic E-state index is -2.72. The van der Waals surface area contributed by atoms with Gasteiger partial charge in [-0.3, -0.25) is 9.78 Å². The molecule has 94 valence electrons. The Morgan fingerprint density at radius 3 is 2.67 bits per heavy atom. The SMILES string of the molecule is O=C(O)CC(c1ccnc2ccccc12)C(F)F. The number of carboxylic acid groups (broad SMARTS) is 1. The Kier molecular flexibility index (Phi) is 3.50. The predicted octanol–water partition coefficient (Wildman–Crippen LogP) is 3.06. The molecule has 0 fully saturated rings. The summed E-state index contributed by atoms with van der Waals surface area (Å²) in [4.78, 5) is 14.7. The molecule has 1 heterocycles. The zero-order valence-electron chi connectivity index (χ0n) is 9.38. The number of para-hydroxylation sites is 1. The summed E-state index contributed by atoms with van der Waals surface area (Å²) in [5.74, 6) is -2.54. The monoisotopic (exact) mass is 251 g/mol. The van der Waals surface area contributed by atoms with Crippen molar-refractivity contribution in [2.24, 2.45) is 0 Å². The first-order chi connectivity index (χ1) is 8.59. The number of alkyl halides is 2. The molecule has 1 N–H and O–H groups in total. The van der Waals surface area contributed by atoms with E-state index in [1.165, 1.54) is 12.3 Å². The molecule has 0 amide bonds. The molecule has 0 aliphatic carbocycles. The number of benzene rings is 1. The topological polar surface area (TPSA) is 50.2 Å². The number of aromatic nitrogens is 1. The number of fused-ring (bicyclic) bond motifs is 1. The van der Waals surface area contributed by atoms with Crippen LogP contribution in [0.1, 0.15) is 17.9 Å². The molecule has 0 saturated carbocycles. The summed E-state index contributed by atoms with van der Waals surface area (Å²) >= 11 is 0. The molecule has 0 aliphatic rings. The van der Waals surface area contributed by atoms with Gasteiger partial charge >= 0.3 is 5.97 Å². The van der Waals surface area contributed by atoms with Crippen LogP contribution in [0, 0.1) is 0 Å². The zero-order chi connectivity index (χ0) is 13.1. The van der Waals surface area contributed by atoms with E-state index in [0.717, 1.165) is 0 Å². The summed E-state index contributed by atoms with van der Waals surface area (Å²) in [6.45, 7) is 0. The minimum absolute atomic E-state index is 0.331. The summed E-state index contributed by atoms with van der Waals surface area (Å²) in [6, 6.07) is 8.32. The number of nitrogens with zero attached hydrogens (tertiary/aromatic N) is 1. The molecule has 0 radical (unpaired) electrons. The molecule has 5 heteroatoms. The van der Waals surface area contributed by atoms with Gasteiger partial charge in [-0.05, 0) is 17.7 Å². The summed E-state index contributed by atoms with van der Waals surface area (Å²) in [6.07, 6.45) is -1.88. The Morgan fingerprint density at radius 2 is 2.00 bits per heavy atom. The molecule has 3 nitrogen and oxygen atoms in total. The Bertz CT molecular complexity index is 566. The van der Waals surface area contributed by atoms with E-state index in [1.807, 2.05) is 0 Å². The molecule has 2 aromatic rings. The zero-order valence-corrected chi connectivity index (χ0v) is 9.38. The number of hydrogen-bond donors (Lipinski definition) is 1. The van der Waals surface area contributed by atoms with E-state index in [0.29, 0.717) is 16.5 Å². The van der Waals surface area contributed by atoms with Gasteiger partial charge in [0.25, 0.3) is 0 Å². The summed E-state index contributed by atoms with van der Waals surface area (Å²) in [5.41, 5.74) is 0.920. The van der Waals surface area contributed by atoms with Gasteiger partial charge in [0.05, 0.1) is 17.9 Å². The highest BCUT2D eigenvalue weighted by Gasteiger charge is 2.26. The van der Waals surface area contributed by atoms with Crippen molar-refractivity contribution >= 4 is 16.9 Å². The lowest BCUT2D eigenvalue weighted by molar-refractivity contribution is -0.138. The number of hydrogen-bond acceptors (Lipinski definition) is 2. The lowest BCUT2D eigenvalue weighted by Crippen LogP contribution is -2.14. The van der Waals surface area contributed by atoms with Gasteiger partial charge in [-0.15, -0.1) is 0 Å². The Balaban J connectivity index is 2.53. The first-order valence-corrected chi connectivity index (χ1v) is 5.43. The fourth-order valence-corrected chi connectivity index (χ4v) is 1.96. The average Bonchev–Trinajstić information content (AvgIpc) is 2.35. The van der Waals surface area contributed by atoms with Crippen molar-refractivity contribution in [2.75, 3.05) is 0 Å². The number of halogens is 2. The van der Waals surface area contributed by atoms with Gasteiger partial charge in [-0.25, -0.2) is 8.78 Å². The average molecular weight is 251 g/mol. The van der Waals surface area contributed by atoms with Crippen LogP contribution in [0.4, 0.5) is 8.78 Å². The van der Waals surface area contributed by atoms with Crippen molar-refractivity contribution in [1.82, 2.24) is 4.98 Å². The van der Waals surface area contributed by atoms with Gasteiger partial charge in [-0.2, -0.15) is 0 Å². The molecule has 0 bridgehead atoms. The molecule has 0 saturated heterocycles. The highest BCUT2D eigenvalue weighted by atomic mass is 19.3. The molecule has 1 atom stereocenters. The van der Waals surface area contributed by atoms with Gasteiger partial charge < -0.3 is 5.11 Å². The first-order valence-electron chi connectivity index (χ1n) is 5.43. The van der Waals surface area contributed by atoms with Crippen molar-refractivity contribution in [2.45, 2.75) is 18.8 Å². The smallest absolute Gasteiger partial charge is 0.304 e. The van der Waals surface area contributed by atoms with Gasteiger partial charge in [0.1, 0.15) is 0 Å². The number of aliphatic carboxylic acids is 1. The molecule has 1 unspecified atom stereocenters. The fraction of sp³-hybridized carbons (Fsp3) is 0.231. The first kappa shape index (κ1) is 12.4. The number of carboxylic acids is 1. The summed E-state index contributed by atoms with van der Waals surface area (Å²) in [7, 11) is 0. The maximum Gasteiger partial charge on any atom is 0.304 e. The third kappa shape index (κ3) is 2.45.